The summed E-state index contributed by atoms with van der Waals surface area (Å²) in [4.78, 5) is 11.0. The molecule has 2 unspecified atom stereocenters. The van der Waals surface area contributed by atoms with Crippen molar-refractivity contribution in [2.24, 2.45) is 11.7 Å². The molecule has 0 spiro atoms. The Morgan fingerprint density at radius 2 is 2.31 bits per heavy atom. The summed E-state index contributed by atoms with van der Waals surface area (Å²) in [6.45, 7) is 3.89. The van der Waals surface area contributed by atoms with Crippen LogP contribution in [0.25, 0.3) is 22.4 Å². The summed E-state index contributed by atoms with van der Waals surface area (Å²) in [5.74, 6) is 0.851. The lowest BCUT2D eigenvalue weighted by atomic mass is 9.90. The fourth-order valence-electron chi connectivity index (χ4n) is 3.71. The summed E-state index contributed by atoms with van der Waals surface area (Å²) < 4.78 is 14.5. The second-order valence-electron chi connectivity index (χ2n) is 6.89. The van der Waals surface area contributed by atoms with Crippen molar-refractivity contribution >= 4 is 16.9 Å². The average molecular weight is 358 g/mol. The molecule has 7 heteroatoms. The Morgan fingerprint density at radius 3 is 3.15 bits per heavy atom. The summed E-state index contributed by atoms with van der Waals surface area (Å²) in [6, 6.07) is 7.09. The van der Waals surface area contributed by atoms with E-state index in [1.165, 1.54) is 6.07 Å². The number of aromatic amines is 1. The van der Waals surface area contributed by atoms with E-state index < -0.39 is 0 Å². The van der Waals surface area contributed by atoms with Gasteiger partial charge in [-0.15, -0.1) is 0 Å². The van der Waals surface area contributed by atoms with Crippen LogP contribution in [0.4, 0.5) is 10.2 Å². The summed E-state index contributed by atoms with van der Waals surface area (Å²) in [5, 5.41) is 7.80. The quantitative estimate of drug-likeness (QED) is 0.744. The molecule has 0 bridgehead atoms. The van der Waals surface area contributed by atoms with Gasteiger partial charge in [-0.3, -0.25) is 5.10 Å². The van der Waals surface area contributed by atoms with Crippen molar-refractivity contribution in [2.75, 3.05) is 18.0 Å². The van der Waals surface area contributed by atoms with Crippen molar-refractivity contribution in [2.45, 2.75) is 32.2 Å². The molecule has 1 aliphatic rings. The van der Waals surface area contributed by atoms with Gasteiger partial charge in [0.2, 0.25) is 0 Å². The van der Waals surface area contributed by atoms with Crippen molar-refractivity contribution in [3.63, 3.8) is 0 Å². The lowest BCUT2D eigenvalue weighted by molar-refractivity contribution is 0.342. The van der Waals surface area contributed by atoms with E-state index in [2.05, 4.69) is 32.0 Å². The Bertz CT molecular complexity index is 918. The van der Waals surface area contributed by atoms with Gasteiger partial charge in [0, 0.05) is 33.6 Å². The zero-order valence-corrected chi connectivity index (χ0v) is 14.8. The van der Waals surface area contributed by atoms with Gasteiger partial charge < -0.3 is 10.6 Å². The molecule has 0 aromatic carbocycles. The zero-order chi connectivity index (χ0) is 18.1. The number of H-pyrrole nitrogens is 1. The highest BCUT2D eigenvalue weighted by molar-refractivity contribution is 5.89. The van der Waals surface area contributed by atoms with Gasteiger partial charge in [-0.25, -0.2) is 14.4 Å². The molecule has 1 aliphatic heterocycles. The smallest absolute Gasteiger partial charge is 0.181 e. The molecule has 6 nitrogen and oxygen atoms in total. The van der Waals surface area contributed by atoms with Gasteiger partial charge in [-0.2, -0.15) is 5.10 Å². The van der Waals surface area contributed by atoms with Gasteiger partial charge in [0.05, 0.1) is 5.69 Å². The van der Waals surface area contributed by atoms with Crippen LogP contribution in [0.1, 0.15) is 29.0 Å². The fraction of sp³-hybridized carbons (Fsp3) is 0.421. The van der Waals surface area contributed by atoms with E-state index in [0.29, 0.717) is 17.3 Å². The number of hydrogen-bond acceptors (Lipinski definition) is 5. The molecular formula is C19H27FN6. The maximum atomic E-state index is 14.5. The van der Waals surface area contributed by atoms with Crippen LogP contribution in [-0.4, -0.2) is 39.3 Å². The molecule has 3 aromatic heterocycles. The van der Waals surface area contributed by atoms with Gasteiger partial charge in [0.1, 0.15) is 11.5 Å². The number of pyridine rings is 2. The van der Waals surface area contributed by atoms with Gasteiger partial charge in [0.25, 0.3) is 0 Å². The second-order valence-corrected chi connectivity index (χ2v) is 6.89. The number of aromatic nitrogens is 4. The topological polar surface area (TPSA) is 83.7 Å². The van der Waals surface area contributed by atoms with Gasteiger partial charge in [-0.05, 0) is 49.4 Å². The van der Waals surface area contributed by atoms with Crippen molar-refractivity contribution < 1.29 is 7.24 Å². The maximum absolute atomic E-state index is 14.5. The van der Waals surface area contributed by atoms with Crippen LogP contribution < -0.4 is 10.6 Å². The number of nitrogens with one attached hydrogen (secondary N) is 1. The fourth-order valence-corrected chi connectivity index (χ4v) is 3.71. The first-order chi connectivity index (χ1) is 12.7. The first-order valence-electron chi connectivity index (χ1n) is 9.14. The number of fused-ring (bicyclic) bond motifs is 1. The highest BCUT2D eigenvalue weighted by Gasteiger charge is 2.25. The van der Waals surface area contributed by atoms with Gasteiger partial charge in [0.15, 0.2) is 11.5 Å². The van der Waals surface area contributed by atoms with E-state index >= 15 is 0 Å². The predicted molar refractivity (Wildman–Crippen MR) is 105 cm³/mol. The van der Waals surface area contributed by atoms with Crippen molar-refractivity contribution in [1.82, 2.24) is 20.2 Å². The Balaban J connectivity index is 0.00000140. The molecule has 140 valence electrons. The van der Waals surface area contributed by atoms with Crippen LogP contribution in [0.15, 0.2) is 30.5 Å². The number of anilines is 1. The van der Waals surface area contributed by atoms with Crippen LogP contribution in [0.5, 0.6) is 0 Å². The van der Waals surface area contributed by atoms with Crippen molar-refractivity contribution in [3.8, 4) is 11.4 Å². The van der Waals surface area contributed by atoms with Crippen LogP contribution in [0, 0.1) is 11.7 Å². The first-order valence-corrected chi connectivity index (χ1v) is 9.14. The highest BCUT2D eigenvalue weighted by Crippen LogP contribution is 2.30. The third kappa shape index (κ3) is 3.03. The SMILES string of the molecule is CCC(N)C1CCCN(c2ccc(F)c(-c3[nH]nc4ncccc34)n2)C1.[HH].[HH]. The monoisotopic (exact) mass is 358 g/mol. The minimum Gasteiger partial charge on any atom is -0.356 e. The molecule has 26 heavy (non-hydrogen) atoms. The molecule has 4 rings (SSSR count). The number of nitrogens with zero attached hydrogens (tertiary/aromatic N) is 4. The molecule has 0 aliphatic carbocycles. The van der Waals surface area contributed by atoms with Crippen molar-refractivity contribution in [3.05, 3.63) is 36.3 Å². The summed E-state index contributed by atoms with van der Waals surface area (Å²) in [5.41, 5.74) is 7.65. The normalized spacial score (nSPS) is 19.0. The van der Waals surface area contributed by atoms with Crippen molar-refractivity contribution in [1.29, 1.82) is 0 Å². The molecule has 0 radical (unpaired) electrons. The summed E-state index contributed by atoms with van der Waals surface area (Å²) in [7, 11) is 0. The van der Waals surface area contributed by atoms with Crippen LogP contribution >= 0.6 is 0 Å². The van der Waals surface area contributed by atoms with E-state index in [1.807, 2.05) is 12.1 Å². The standard InChI is InChI=1S/C19H23FN6.2H2/c1-2-15(21)12-5-4-10-26(11-12)16-8-7-14(20)18(23-16)17-13-6-3-9-22-19(13)25-24-17;;/h3,6-9,12,15H,2,4-5,10-11,21H2,1H3,(H,22,24,25);2*1H. The Labute approximate surface area is 154 Å². The molecular weight excluding hydrogens is 331 g/mol. The van der Waals surface area contributed by atoms with E-state index in [4.69, 9.17) is 5.73 Å². The summed E-state index contributed by atoms with van der Waals surface area (Å²) in [6.07, 6.45) is 4.84. The molecule has 3 aromatic rings. The lowest BCUT2D eigenvalue weighted by Gasteiger charge is -2.36. The highest BCUT2D eigenvalue weighted by atomic mass is 19.1. The molecule has 4 heterocycles. The van der Waals surface area contributed by atoms with Gasteiger partial charge in [-0.1, -0.05) is 6.92 Å². The van der Waals surface area contributed by atoms with Crippen LogP contribution in [0.2, 0.25) is 0 Å². The van der Waals surface area contributed by atoms with E-state index in [0.717, 1.165) is 43.6 Å². The third-order valence-corrected chi connectivity index (χ3v) is 5.26. The van der Waals surface area contributed by atoms with Crippen LogP contribution in [0.3, 0.4) is 0 Å². The Kier molecular flexibility index (Phi) is 4.55. The van der Waals surface area contributed by atoms with Gasteiger partial charge >= 0.3 is 0 Å². The number of hydrogen-bond donors (Lipinski definition) is 2. The Hall–Kier alpha value is -2.54. The van der Waals surface area contributed by atoms with E-state index in [1.54, 1.807) is 12.3 Å². The Morgan fingerprint density at radius 1 is 1.42 bits per heavy atom. The number of nitrogens with two attached hydrogens (primary N) is 1. The maximum Gasteiger partial charge on any atom is 0.181 e. The molecule has 2 atom stereocenters. The molecule has 0 amide bonds. The average Bonchev–Trinajstić information content (AvgIpc) is 3.12. The zero-order valence-electron chi connectivity index (χ0n) is 14.8. The minimum atomic E-state index is -0.373. The van der Waals surface area contributed by atoms with E-state index in [-0.39, 0.29) is 20.4 Å². The number of piperidine rings is 1. The first kappa shape index (κ1) is 16.9. The molecule has 0 saturated carbocycles. The number of rotatable bonds is 4. The van der Waals surface area contributed by atoms with Crippen LogP contribution in [-0.2, 0) is 0 Å². The molecule has 1 fully saturated rings. The lowest BCUT2D eigenvalue weighted by Crippen LogP contribution is -2.43. The molecule has 1 saturated heterocycles. The largest absolute Gasteiger partial charge is 0.356 e. The molecule has 3 N–H and O–H groups in total. The second kappa shape index (κ2) is 6.99. The predicted octanol–water partition coefficient (Wildman–Crippen LogP) is 3.60. The summed E-state index contributed by atoms with van der Waals surface area (Å²) >= 11 is 0. The minimum absolute atomic E-state index is 0. The third-order valence-electron chi connectivity index (χ3n) is 5.26. The number of halogens is 1. The van der Waals surface area contributed by atoms with E-state index in [9.17, 15) is 4.39 Å².